The molecule has 1 aromatic rings. The summed E-state index contributed by atoms with van der Waals surface area (Å²) >= 11 is 0. The van der Waals surface area contributed by atoms with Crippen molar-refractivity contribution < 1.29 is 0 Å². The van der Waals surface area contributed by atoms with Gasteiger partial charge >= 0.3 is 5.69 Å². The molecule has 0 radical (unpaired) electrons. The minimum atomic E-state index is 0.0551. The molecule has 0 spiro atoms. The largest absolute Gasteiger partial charge is 0.326 e. The molecule has 0 amide bonds. The highest BCUT2D eigenvalue weighted by Crippen LogP contribution is 2.22. The van der Waals surface area contributed by atoms with Crippen molar-refractivity contribution in [3.8, 4) is 0 Å². The molecule has 0 aromatic carbocycles. The highest BCUT2D eigenvalue weighted by Gasteiger charge is 2.21. The molecule has 0 atom stereocenters. The number of nitrogens with one attached hydrogen (secondary N) is 1. The quantitative estimate of drug-likeness (QED) is 0.751. The van der Waals surface area contributed by atoms with Crippen molar-refractivity contribution in [3.63, 3.8) is 0 Å². The number of aryl methyl sites for hydroxylation is 1. The Morgan fingerprint density at radius 1 is 1.27 bits per heavy atom. The van der Waals surface area contributed by atoms with Crippen LogP contribution in [-0.2, 0) is 0 Å². The second-order valence-electron chi connectivity index (χ2n) is 4.55. The lowest BCUT2D eigenvalue weighted by atomic mass is 10.1. The monoisotopic (exact) mass is 209 g/mol. The molecule has 0 bridgehead atoms. The minimum absolute atomic E-state index is 0.0551. The number of aromatic amines is 1. The van der Waals surface area contributed by atoms with Gasteiger partial charge in [-0.15, -0.1) is 0 Å². The van der Waals surface area contributed by atoms with Gasteiger partial charge in [0.25, 0.3) is 0 Å². The fraction of sp³-hybridized carbons (Fsp3) is 0.727. The topological polar surface area (TPSA) is 41.0 Å². The van der Waals surface area contributed by atoms with E-state index in [1.807, 2.05) is 18.4 Å². The van der Waals surface area contributed by atoms with Crippen LogP contribution in [0.4, 0.5) is 0 Å². The summed E-state index contributed by atoms with van der Waals surface area (Å²) in [6.45, 7) is 6.15. The summed E-state index contributed by atoms with van der Waals surface area (Å²) < 4.78 is 1.93. The molecule has 0 aliphatic carbocycles. The van der Waals surface area contributed by atoms with Crippen LogP contribution in [0.25, 0.3) is 0 Å². The minimum Gasteiger partial charge on any atom is -0.310 e. The Morgan fingerprint density at radius 2 is 1.87 bits per heavy atom. The van der Waals surface area contributed by atoms with E-state index in [2.05, 4.69) is 16.9 Å². The van der Waals surface area contributed by atoms with E-state index < -0.39 is 0 Å². The maximum absolute atomic E-state index is 11.7. The van der Waals surface area contributed by atoms with E-state index in [-0.39, 0.29) is 5.69 Å². The molecule has 0 saturated carbocycles. The molecule has 1 aromatic heterocycles. The van der Waals surface area contributed by atoms with E-state index in [9.17, 15) is 4.79 Å². The molecule has 2 rings (SSSR count). The lowest BCUT2D eigenvalue weighted by Crippen LogP contribution is -2.35. The van der Waals surface area contributed by atoms with Crippen LogP contribution in [0.2, 0.25) is 0 Å². The normalized spacial score (nSPS) is 19.7. The summed E-state index contributed by atoms with van der Waals surface area (Å²) in [6, 6.07) is 0.388. The summed E-state index contributed by atoms with van der Waals surface area (Å²) in [4.78, 5) is 16.9. The third kappa shape index (κ3) is 1.86. The predicted molar refractivity (Wildman–Crippen MR) is 60.3 cm³/mol. The number of aromatic nitrogens is 2. The second kappa shape index (κ2) is 3.85. The van der Waals surface area contributed by atoms with Gasteiger partial charge in [-0.2, -0.15) is 0 Å². The fourth-order valence-electron chi connectivity index (χ4n) is 2.34. The first kappa shape index (κ1) is 10.5. The highest BCUT2D eigenvalue weighted by molar-refractivity contribution is 5.10. The zero-order valence-corrected chi connectivity index (χ0v) is 9.71. The molecule has 4 nitrogen and oxygen atoms in total. The zero-order valence-electron chi connectivity index (χ0n) is 9.71. The Hall–Kier alpha value is -1.03. The van der Waals surface area contributed by atoms with Gasteiger partial charge in [0.15, 0.2) is 0 Å². The van der Waals surface area contributed by atoms with E-state index in [0.717, 1.165) is 37.3 Å². The predicted octanol–water partition coefficient (Wildman–Crippen LogP) is 1.06. The first-order chi connectivity index (χ1) is 7.09. The van der Waals surface area contributed by atoms with Gasteiger partial charge in [-0.05, 0) is 46.8 Å². The molecule has 1 saturated heterocycles. The average Bonchev–Trinajstić information content (AvgIpc) is 2.44. The number of hydrogen-bond donors (Lipinski definition) is 1. The van der Waals surface area contributed by atoms with Gasteiger partial charge in [-0.25, -0.2) is 4.79 Å². The van der Waals surface area contributed by atoms with Crippen molar-refractivity contribution in [2.45, 2.75) is 32.7 Å². The van der Waals surface area contributed by atoms with Gasteiger partial charge in [0.2, 0.25) is 0 Å². The lowest BCUT2D eigenvalue weighted by Gasteiger charge is -2.29. The number of nitrogens with zero attached hydrogens (tertiary/aromatic N) is 2. The first-order valence-electron chi connectivity index (χ1n) is 5.56. The maximum atomic E-state index is 11.7. The van der Waals surface area contributed by atoms with E-state index >= 15 is 0 Å². The third-order valence-corrected chi connectivity index (χ3v) is 3.47. The van der Waals surface area contributed by atoms with Gasteiger partial charge in [0.05, 0.1) is 0 Å². The number of H-pyrrole nitrogens is 1. The van der Waals surface area contributed by atoms with Gasteiger partial charge in [0, 0.05) is 17.4 Å². The van der Waals surface area contributed by atoms with Gasteiger partial charge in [0.1, 0.15) is 0 Å². The maximum Gasteiger partial charge on any atom is 0.326 e. The lowest BCUT2D eigenvalue weighted by molar-refractivity contribution is 0.217. The van der Waals surface area contributed by atoms with Crippen molar-refractivity contribution in [1.29, 1.82) is 0 Å². The number of likely N-dealkylation sites (tertiary alicyclic amines) is 1. The van der Waals surface area contributed by atoms with Crippen molar-refractivity contribution in [1.82, 2.24) is 14.5 Å². The summed E-state index contributed by atoms with van der Waals surface area (Å²) in [6.07, 6.45) is 2.16. The van der Waals surface area contributed by atoms with Gasteiger partial charge < -0.3 is 9.88 Å². The van der Waals surface area contributed by atoms with E-state index in [4.69, 9.17) is 0 Å². The van der Waals surface area contributed by atoms with Crippen LogP contribution < -0.4 is 5.69 Å². The molecule has 1 fully saturated rings. The van der Waals surface area contributed by atoms with Crippen molar-refractivity contribution in [2.24, 2.45) is 0 Å². The Labute approximate surface area is 89.9 Å². The third-order valence-electron chi connectivity index (χ3n) is 3.47. The summed E-state index contributed by atoms with van der Waals surface area (Å²) in [5.74, 6) is 0. The zero-order chi connectivity index (χ0) is 11.0. The van der Waals surface area contributed by atoms with E-state index in [0.29, 0.717) is 6.04 Å². The Bertz CT molecular complexity index is 396. The molecular formula is C11H19N3O. The van der Waals surface area contributed by atoms with Crippen LogP contribution in [0, 0.1) is 13.8 Å². The molecule has 84 valence electrons. The summed E-state index contributed by atoms with van der Waals surface area (Å²) in [7, 11) is 2.13. The van der Waals surface area contributed by atoms with Crippen LogP contribution in [-0.4, -0.2) is 34.6 Å². The molecular weight excluding hydrogens is 190 g/mol. The van der Waals surface area contributed by atoms with Crippen LogP contribution >= 0.6 is 0 Å². The van der Waals surface area contributed by atoms with E-state index in [1.165, 1.54) is 0 Å². The van der Waals surface area contributed by atoms with Crippen LogP contribution in [0.3, 0.4) is 0 Å². The molecule has 1 aliphatic rings. The average molecular weight is 209 g/mol. The number of piperidine rings is 1. The van der Waals surface area contributed by atoms with Crippen molar-refractivity contribution >= 4 is 0 Å². The molecule has 0 unspecified atom stereocenters. The molecule has 1 aliphatic heterocycles. The van der Waals surface area contributed by atoms with Gasteiger partial charge in [-0.1, -0.05) is 0 Å². The Morgan fingerprint density at radius 3 is 2.33 bits per heavy atom. The van der Waals surface area contributed by atoms with Crippen molar-refractivity contribution in [3.05, 3.63) is 21.9 Å². The molecule has 15 heavy (non-hydrogen) atoms. The summed E-state index contributed by atoms with van der Waals surface area (Å²) in [5.41, 5.74) is 2.15. The van der Waals surface area contributed by atoms with Crippen LogP contribution in [0.1, 0.15) is 30.3 Å². The van der Waals surface area contributed by atoms with Crippen LogP contribution in [0.15, 0.2) is 4.79 Å². The Kier molecular flexibility index (Phi) is 2.69. The van der Waals surface area contributed by atoms with E-state index in [1.54, 1.807) is 0 Å². The number of rotatable bonds is 1. The van der Waals surface area contributed by atoms with Gasteiger partial charge in [-0.3, -0.25) is 4.57 Å². The first-order valence-corrected chi connectivity index (χ1v) is 5.56. The fourth-order valence-corrected chi connectivity index (χ4v) is 2.34. The van der Waals surface area contributed by atoms with Crippen molar-refractivity contribution in [2.75, 3.05) is 20.1 Å². The SMILES string of the molecule is Cc1[nH]c(=O)n(C2CCN(C)CC2)c1C. The second-order valence-corrected chi connectivity index (χ2v) is 4.55. The number of hydrogen-bond acceptors (Lipinski definition) is 2. The molecule has 1 N–H and O–H groups in total. The molecule has 4 heteroatoms. The summed E-state index contributed by atoms with van der Waals surface area (Å²) in [5, 5.41) is 0. The standard InChI is InChI=1S/C11H19N3O/c1-8-9(2)14(11(15)12-8)10-4-6-13(3)7-5-10/h10H,4-7H2,1-3H3,(H,12,15). The molecule has 2 heterocycles. The number of imidazole rings is 1. The highest BCUT2D eigenvalue weighted by atomic mass is 16.1. The smallest absolute Gasteiger partial charge is 0.310 e. The van der Waals surface area contributed by atoms with Crippen LogP contribution in [0.5, 0.6) is 0 Å². The Balaban J connectivity index is 2.26.